The number of alkyl halides is 4. The largest absolute Gasteiger partial charge is 0.416 e. The van der Waals surface area contributed by atoms with Crippen molar-refractivity contribution in [2.24, 2.45) is 0 Å². The summed E-state index contributed by atoms with van der Waals surface area (Å²) < 4.78 is 49.6. The minimum atomic E-state index is -4.23. The quantitative estimate of drug-likeness (QED) is 0.496. The third-order valence-corrected chi connectivity index (χ3v) is 3.92. The lowest BCUT2D eigenvalue weighted by Gasteiger charge is -2.10. The first-order valence-corrected chi connectivity index (χ1v) is 8.43. The smallest absolute Gasteiger partial charge is 0.243 e. The van der Waals surface area contributed by atoms with Crippen LogP contribution >= 0.6 is 0 Å². The van der Waals surface area contributed by atoms with E-state index in [0.29, 0.717) is 5.92 Å². The molecule has 25 heavy (non-hydrogen) atoms. The molecule has 0 spiro atoms. The molecule has 1 atom stereocenters. The molecule has 0 aliphatic heterocycles. The lowest BCUT2D eigenvalue weighted by Crippen LogP contribution is -2.05. The van der Waals surface area contributed by atoms with Crippen LogP contribution in [0.5, 0.6) is 0 Å². The number of halogens is 4. The molecule has 0 bridgehead atoms. The van der Waals surface area contributed by atoms with Gasteiger partial charge in [0, 0.05) is 0 Å². The zero-order valence-corrected chi connectivity index (χ0v) is 15.4. The minimum absolute atomic E-state index is 0.127. The molecule has 2 aromatic carbocycles. The molecule has 0 radical (unpaired) electrons. The molecule has 0 aliphatic carbocycles. The highest BCUT2D eigenvalue weighted by atomic mass is 19.4. The maximum Gasteiger partial charge on any atom is 0.416 e. The van der Waals surface area contributed by atoms with Gasteiger partial charge in [-0.2, -0.15) is 13.2 Å². The predicted molar refractivity (Wildman–Crippen MR) is 95.6 cm³/mol. The van der Waals surface area contributed by atoms with E-state index in [9.17, 15) is 17.6 Å². The van der Waals surface area contributed by atoms with Gasteiger partial charge in [0.05, 0.1) is 5.56 Å². The van der Waals surface area contributed by atoms with Crippen molar-refractivity contribution in [2.75, 3.05) is 0 Å². The van der Waals surface area contributed by atoms with Gasteiger partial charge in [-0.25, -0.2) is 4.39 Å². The highest BCUT2D eigenvalue weighted by Gasteiger charge is 2.30. The van der Waals surface area contributed by atoms with Gasteiger partial charge in [-0.05, 0) is 41.5 Å². The first kappa shape index (κ1) is 21.2. The van der Waals surface area contributed by atoms with Gasteiger partial charge >= 0.3 is 6.18 Å². The van der Waals surface area contributed by atoms with E-state index in [2.05, 4.69) is 13.8 Å². The Morgan fingerprint density at radius 2 is 1.12 bits per heavy atom. The van der Waals surface area contributed by atoms with Crippen LogP contribution in [0.3, 0.4) is 0 Å². The number of hydrogen-bond acceptors (Lipinski definition) is 0. The molecule has 138 valence electrons. The third kappa shape index (κ3) is 6.89. The number of benzene rings is 2. The Labute approximate surface area is 147 Å². The van der Waals surface area contributed by atoms with Crippen molar-refractivity contribution in [3.05, 3.63) is 70.8 Å². The fourth-order valence-electron chi connectivity index (χ4n) is 2.24. The topological polar surface area (TPSA) is 0 Å². The van der Waals surface area contributed by atoms with E-state index in [1.54, 1.807) is 13.0 Å². The average molecular weight is 354 g/mol. The fourth-order valence-corrected chi connectivity index (χ4v) is 2.24. The normalized spacial score (nSPS) is 12.8. The van der Waals surface area contributed by atoms with Gasteiger partial charge < -0.3 is 0 Å². The maximum atomic E-state index is 12.9. The summed E-state index contributed by atoms with van der Waals surface area (Å²) in [5, 5.41) is 0. The molecule has 2 aromatic rings. The third-order valence-electron chi connectivity index (χ3n) is 3.92. The zero-order chi connectivity index (χ0) is 19.2. The van der Waals surface area contributed by atoms with E-state index in [-0.39, 0.29) is 5.92 Å². The lowest BCUT2D eigenvalue weighted by molar-refractivity contribution is -0.137. The van der Waals surface area contributed by atoms with E-state index in [1.807, 2.05) is 38.1 Å². The Balaban J connectivity index is 0.000000251. The highest BCUT2D eigenvalue weighted by molar-refractivity contribution is 5.28. The second-order valence-electron chi connectivity index (χ2n) is 6.72. The molecular weight excluding hydrogens is 328 g/mol. The van der Waals surface area contributed by atoms with Gasteiger partial charge in [0.1, 0.15) is 6.17 Å². The van der Waals surface area contributed by atoms with Gasteiger partial charge in [-0.15, -0.1) is 0 Å². The summed E-state index contributed by atoms with van der Waals surface area (Å²) in [5.74, 6) is 0.603. The standard InChI is InChI=1S/C11H15F.C10H11F3/c1-8(2)10-5-4-6-11(7-10)9(3)12;1-7(2)8-4-3-5-9(6-8)10(11,12)13/h4-9H,1-3H3;3-7H,1-2H3. The fraction of sp³-hybridized carbons (Fsp3) is 0.429. The second-order valence-corrected chi connectivity index (χ2v) is 6.72. The molecule has 0 aliphatic rings. The summed E-state index contributed by atoms with van der Waals surface area (Å²) in [7, 11) is 0. The molecule has 0 amide bonds. The minimum Gasteiger partial charge on any atom is -0.243 e. The molecular formula is C21H26F4. The first-order valence-electron chi connectivity index (χ1n) is 8.43. The summed E-state index contributed by atoms with van der Waals surface area (Å²) in [6.07, 6.45) is -5.09. The van der Waals surface area contributed by atoms with E-state index < -0.39 is 17.9 Å². The Morgan fingerprint density at radius 3 is 1.56 bits per heavy atom. The SMILES string of the molecule is CC(C)c1cccc(C(C)F)c1.CC(C)c1cccc(C(F)(F)F)c1. The van der Waals surface area contributed by atoms with Crippen LogP contribution in [-0.2, 0) is 6.18 Å². The van der Waals surface area contributed by atoms with Crippen LogP contribution in [0, 0.1) is 0 Å². The molecule has 0 saturated carbocycles. The van der Waals surface area contributed by atoms with E-state index in [0.717, 1.165) is 17.2 Å². The predicted octanol–water partition coefficient (Wildman–Crippen LogP) is 7.67. The first-order chi connectivity index (χ1) is 11.5. The van der Waals surface area contributed by atoms with Gasteiger partial charge in [0.2, 0.25) is 0 Å². The van der Waals surface area contributed by atoms with Crippen molar-refractivity contribution >= 4 is 0 Å². The van der Waals surface area contributed by atoms with Crippen LogP contribution in [0.4, 0.5) is 17.6 Å². The Morgan fingerprint density at radius 1 is 0.680 bits per heavy atom. The van der Waals surface area contributed by atoms with Gasteiger partial charge in [-0.1, -0.05) is 70.2 Å². The maximum absolute atomic E-state index is 12.9. The Kier molecular flexibility index (Phi) is 7.65. The van der Waals surface area contributed by atoms with E-state index in [1.165, 1.54) is 17.7 Å². The molecule has 0 saturated heterocycles. The van der Waals surface area contributed by atoms with Crippen molar-refractivity contribution < 1.29 is 17.6 Å². The zero-order valence-electron chi connectivity index (χ0n) is 15.4. The van der Waals surface area contributed by atoms with Crippen LogP contribution in [0.25, 0.3) is 0 Å². The number of rotatable bonds is 3. The molecule has 1 unspecified atom stereocenters. The molecule has 0 aromatic heterocycles. The average Bonchev–Trinajstić information content (AvgIpc) is 2.55. The van der Waals surface area contributed by atoms with Crippen LogP contribution in [0.2, 0.25) is 0 Å². The summed E-state index contributed by atoms with van der Waals surface area (Å²) in [4.78, 5) is 0. The lowest BCUT2D eigenvalue weighted by atomic mass is 10.00. The number of hydrogen-bond donors (Lipinski definition) is 0. The van der Waals surface area contributed by atoms with E-state index in [4.69, 9.17) is 0 Å². The van der Waals surface area contributed by atoms with Crippen molar-refractivity contribution in [3.8, 4) is 0 Å². The summed E-state index contributed by atoms with van der Waals surface area (Å²) in [5.41, 5.74) is 2.13. The van der Waals surface area contributed by atoms with Crippen LogP contribution in [0.15, 0.2) is 48.5 Å². The highest BCUT2D eigenvalue weighted by Crippen LogP contribution is 2.30. The molecule has 2 rings (SSSR count). The summed E-state index contributed by atoms with van der Waals surface area (Å²) >= 11 is 0. The van der Waals surface area contributed by atoms with Gasteiger partial charge in [-0.3, -0.25) is 0 Å². The molecule has 4 heteroatoms. The van der Waals surface area contributed by atoms with Crippen molar-refractivity contribution in [2.45, 2.75) is 58.8 Å². The van der Waals surface area contributed by atoms with Crippen molar-refractivity contribution in [1.29, 1.82) is 0 Å². The van der Waals surface area contributed by atoms with Crippen molar-refractivity contribution in [3.63, 3.8) is 0 Å². The van der Waals surface area contributed by atoms with Crippen LogP contribution in [0.1, 0.15) is 74.9 Å². The van der Waals surface area contributed by atoms with Crippen LogP contribution < -0.4 is 0 Å². The summed E-state index contributed by atoms with van der Waals surface area (Å²) in [6.45, 7) is 9.54. The Hall–Kier alpha value is -1.84. The second kappa shape index (κ2) is 9.02. The monoisotopic (exact) mass is 354 g/mol. The molecule has 0 nitrogen and oxygen atoms in total. The van der Waals surface area contributed by atoms with Crippen LogP contribution in [-0.4, -0.2) is 0 Å². The van der Waals surface area contributed by atoms with E-state index >= 15 is 0 Å². The van der Waals surface area contributed by atoms with Gasteiger partial charge in [0.15, 0.2) is 0 Å². The van der Waals surface area contributed by atoms with Crippen molar-refractivity contribution in [1.82, 2.24) is 0 Å². The molecule has 0 N–H and O–H groups in total. The summed E-state index contributed by atoms with van der Waals surface area (Å²) in [6, 6.07) is 13.2. The van der Waals surface area contributed by atoms with Gasteiger partial charge in [0.25, 0.3) is 0 Å². The molecule has 0 fully saturated rings. The molecule has 0 heterocycles. The Bertz CT molecular complexity index is 632.